The van der Waals surface area contributed by atoms with Gasteiger partial charge in [0.1, 0.15) is 5.75 Å². The van der Waals surface area contributed by atoms with Crippen molar-refractivity contribution in [2.24, 2.45) is 0 Å². The average molecular weight is 393 g/mol. The summed E-state index contributed by atoms with van der Waals surface area (Å²) in [6.07, 6.45) is 0. The fraction of sp³-hybridized carbons (Fsp3) is 0.136. The fourth-order valence-electron chi connectivity index (χ4n) is 3.47. The summed E-state index contributed by atoms with van der Waals surface area (Å²) in [5, 5.41) is 0. The molecule has 28 heavy (non-hydrogen) atoms. The lowest BCUT2D eigenvalue weighted by Crippen LogP contribution is -2.35. The molecule has 0 saturated carbocycles. The first-order valence-electron chi connectivity index (χ1n) is 8.82. The van der Waals surface area contributed by atoms with Crippen LogP contribution in [0.5, 0.6) is 5.75 Å². The van der Waals surface area contributed by atoms with Crippen LogP contribution in [-0.4, -0.2) is 25.7 Å². The van der Waals surface area contributed by atoms with Crippen molar-refractivity contribution < 1.29 is 17.9 Å². The highest BCUT2D eigenvalue weighted by atomic mass is 32.2. The third-order valence-corrected chi connectivity index (χ3v) is 6.69. The Morgan fingerprint density at radius 2 is 1.54 bits per heavy atom. The number of sulfonamides is 1. The Kier molecular flexibility index (Phi) is 4.43. The number of fused-ring (bicyclic) bond motifs is 1. The van der Waals surface area contributed by atoms with Crippen molar-refractivity contribution in [2.75, 3.05) is 7.11 Å². The molecule has 0 bridgehead atoms. The molecule has 0 fully saturated rings. The summed E-state index contributed by atoms with van der Waals surface area (Å²) in [4.78, 5) is 13.2. The molecule has 0 saturated heterocycles. The standard InChI is InChI=1S/C22H19NO4S/c1-15-7-13-18(14-8-15)28(25,26)23-21(16-9-11-17(27-2)12-10-16)19-5-3-4-6-20(19)22(23)24/h3-14,21H,1-2H3/t21-/m0/s1. The summed E-state index contributed by atoms with van der Waals surface area (Å²) in [6, 6.07) is 19.9. The van der Waals surface area contributed by atoms with E-state index in [4.69, 9.17) is 4.74 Å². The van der Waals surface area contributed by atoms with Crippen molar-refractivity contribution in [3.8, 4) is 5.75 Å². The topological polar surface area (TPSA) is 63.7 Å². The van der Waals surface area contributed by atoms with Crippen molar-refractivity contribution >= 4 is 15.9 Å². The van der Waals surface area contributed by atoms with E-state index in [-0.39, 0.29) is 4.90 Å². The number of methoxy groups -OCH3 is 1. The quantitative estimate of drug-likeness (QED) is 0.674. The summed E-state index contributed by atoms with van der Waals surface area (Å²) in [7, 11) is -2.47. The first kappa shape index (κ1) is 18.3. The molecule has 0 aromatic heterocycles. The summed E-state index contributed by atoms with van der Waals surface area (Å²) < 4.78 is 33.0. The van der Waals surface area contributed by atoms with E-state index >= 15 is 0 Å². The van der Waals surface area contributed by atoms with Gasteiger partial charge >= 0.3 is 0 Å². The minimum absolute atomic E-state index is 0.0952. The molecular formula is C22H19NO4S. The molecule has 1 atom stereocenters. The molecule has 0 radical (unpaired) electrons. The van der Waals surface area contributed by atoms with Gasteiger partial charge in [-0.3, -0.25) is 4.79 Å². The zero-order chi connectivity index (χ0) is 19.9. The van der Waals surface area contributed by atoms with Crippen molar-refractivity contribution in [3.05, 3.63) is 95.1 Å². The number of benzene rings is 3. The van der Waals surface area contributed by atoms with Crippen molar-refractivity contribution in [3.63, 3.8) is 0 Å². The molecule has 1 aliphatic heterocycles. The Labute approximate surface area is 164 Å². The lowest BCUT2D eigenvalue weighted by atomic mass is 9.98. The van der Waals surface area contributed by atoms with Crippen LogP contribution >= 0.6 is 0 Å². The molecule has 4 rings (SSSR count). The fourth-order valence-corrected chi connectivity index (χ4v) is 5.00. The maximum atomic E-state index is 13.4. The van der Waals surface area contributed by atoms with Crippen LogP contribution in [0.15, 0.2) is 77.7 Å². The number of nitrogens with zero attached hydrogens (tertiary/aromatic N) is 1. The Balaban J connectivity index is 1.88. The van der Waals surface area contributed by atoms with Gasteiger partial charge in [0.25, 0.3) is 15.9 Å². The van der Waals surface area contributed by atoms with E-state index in [9.17, 15) is 13.2 Å². The minimum atomic E-state index is -4.03. The third-order valence-electron chi connectivity index (χ3n) is 4.93. The number of rotatable bonds is 4. The molecule has 1 amide bonds. The summed E-state index contributed by atoms with van der Waals surface area (Å²) >= 11 is 0. The lowest BCUT2D eigenvalue weighted by molar-refractivity contribution is 0.0865. The summed E-state index contributed by atoms with van der Waals surface area (Å²) in [5.41, 5.74) is 2.73. The number of carbonyl (C=O) groups excluding carboxylic acids is 1. The molecule has 0 spiro atoms. The van der Waals surface area contributed by atoms with Crippen LogP contribution in [0.3, 0.4) is 0 Å². The number of hydrogen-bond donors (Lipinski definition) is 0. The van der Waals surface area contributed by atoms with Crippen LogP contribution < -0.4 is 4.74 Å². The zero-order valence-corrected chi connectivity index (χ0v) is 16.3. The van der Waals surface area contributed by atoms with E-state index in [0.717, 1.165) is 9.87 Å². The molecule has 0 aliphatic carbocycles. The smallest absolute Gasteiger partial charge is 0.268 e. The first-order valence-corrected chi connectivity index (χ1v) is 10.3. The Hall–Kier alpha value is -3.12. The van der Waals surface area contributed by atoms with E-state index in [1.807, 2.05) is 13.0 Å². The molecule has 3 aromatic rings. The highest BCUT2D eigenvalue weighted by Gasteiger charge is 2.45. The maximum Gasteiger partial charge on any atom is 0.268 e. The monoisotopic (exact) mass is 393 g/mol. The number of aryl methyl sites for hydroxylation is 1. The Bertz CT molecular complexity index is 1140. The van der Waals surface area contributed by atoms with Crippen LogP contribution in [0.2, 0.25) is 0 Å². The Morgan fingerprint density at radius 3 is 2.18 bits per heavy atom. The van der Waals surface area contributed by atoms with Crippen LogP contribution in [0.4, 0.5) is 0 Å². The van der Waals surface area contributed by atoms with Gasteiger partial charge < -0.3 is 4.74 Å². The molecule has 6 heteroatoms. The molecule has 142 valence electrons. The van der Waals surface area contributed by atoms with Gasteiger partial charge in [-0.2, -0.15) is 0 Å². The molecule has 0 N–H and O–H groups in total. The SMILES string of the molecule is COc1ccc([C@H]2c3ccccc3C(=O)N2S(=O)(=O)c2ccc(C)cc2)cc1. The van der Waals surface area contributed by atoms with Gasteiger partial charge in [-0.1, -0.05) is 48.0 Å². The number of hydrogen-bond acceptors (Lipinski definition) is 4. The highest BCUT2D eigenvalue weighted by Crippen LogP contribution is 2.42. The predicted octanol–water partition coefficient (Wildman–Crippen LogP) is 3.94. The largest absolute Gasteiger partial charge is 0.497 e. The molecule has 5 nitrogen and oxygen atoms in total. The number of amides is 1. The normalized spacial score (nSPS) is 16.1. The van der Waals surface area contributed by atoms with Gasteiger partial charge in [-0.25, -0.2) is 12.7 Å². The molecule has 1 heterocycles. The maximum absolute atomic E-state index is 13.4. The molecule has 1 aliphatic rings. The highest BCUT2D eigenvalue weighted by molar-refractivity contribution is 7.89. The number of carbonyl (C=O) groups is 1. The second-order valence-corrected chi connectivity index (χ2v) is 8.50. The van der Waals surface area contributed by atoms with Crippen molar-refractivity contribution in [2.45, 2.75) is 17.9 Å². The molecule has 3 aromatic carbocycles. The van der Waals surface area contributed by atoms with Gasteiger partial charge in [-0.15, -0.1) is 0 Å². The van der Waals surface area contributed by atoms with Crippen molar-refractivity contribution in [1.82, 2.24) is 4.31 Å². The average Bonchev–Trinajstić information content (AvgIpc) is 3.02. The van der Waals surface area contributed by atoms with E-state index < -0.39 is 22.0 Å². The Morgan fingerprint density at radius 1 is 0.893 bits per heavy atom. The third kappa shape index (κ3) is 2.86. The zero-order valence-electron chi connectivity index (χ0n) is 15.5. The van der Waals surface area contributed by atoms with Crippen LogP contribution in [0, 0.1) is 6.92 Å². The lowest BCUT2D eigenvalue weighted by Gasteiger charge is -2.25. The van der Waals surface area contributed by atoms with Crippen LogP contribution in [0.1, 0.15) is 33.1 Å². The van der Waals surface area contributed by atoms with E-state index in [2.05, 4.69) is 0 Å². The summed E-state index contributed by atoms with van der Waals surface area (Å²) in [5.74, 6) is 0.145. The van der Waals surface area contributed by atoms with Crippen molar-refractivity contribution in [1.29, 1.82) is 0 Å². The van der Waals surface area contributed by atoms with Gasteiger partial charge in [0.15, 0.2) is 0 Å². The van der Waals surface area contributed by atoms with Gasteiger partial charge in [0.05, 0.1) is 18.0 Å². The molecular weight excluding hydrogens is 374 g/mol. The molecule has 0 unspecified atom stereocenters. The van der Waals surface area contributed by atoms with Gasteiger partial charge in [0.2, 0.25) is 0 Å². The van der Waals surface area contributed by atoms with Gasteiger partial charge in [0, 0.05) is 5.56 Å². The van der Waals surface area contributed by atoms with Gasteiger partial charge in [-0.05, 0) is 48.4 Å². The van der Waals surface area contributed by atoms with E-state index in [0.29, 0.717) is 22.4 Å². The minimum Gasteiger partial charge on any atom is -0.497 e. The van der Waals surface area contributed by atoms with Crippen LogP contribution in [0.25, 0.3) is 0 Å². The summed E-state index contributed by atoms with van der Waals surface area (Å²) in [6.45, 7) is 1.88. The second-order valence-electron chi connectivity index (χ2n) is 6.68. The van der Waals surface area contributed by atoms with E-state index in [1.165, 1.54) is 12.1 Å². The predicted molar refractivity (Wildman–Crippen MR) is 106 cm³/mol. The van der Waals surface area contributed by atoms with E-state index in [1.54, 1.807) is 61.7 Å². The first-order chi connectivity index (χ1) is 13.4. The van der Waals surface area contributed by atoms with Crippen LogP contribution in [-0.2, 0) is 10.0 Å². The number of ether oxygens (including phenoxy) is 1. The second kappa shape index (κ2) is 6.80.